The summed E-state index contributed by atoms with van der Waals surface area (Å²) >= 11 is 0. The molecule has 0 saturated heterocycles. The van der Waals surface area contributed by atoms with Gasteiger partial charge in [0, 0.05) is 11.1 Å². The molecule has 0 saturated carbocycles. The minimum absolute atomic E-state index is 0.235. The number of imidazole rings is 1. The van der Waals surface area contributed by atoms with Crippen molar-refractivity contribution in [2.75, 3.05) is 12.4 Å². The van der Waals surface area contributed by atoms with Crippen LogP contribution in [0.2, 0.25) is 0 Å². The molecule has 0 spiro atoms. The van der Waals surface area contributed by atoms with Gasteiger partial charge in [-0.2, -0.15) is 0 Å². The van der Waals surface area contributed by atoms with Crippen molar-refractivity contribution in [1.29, 1.82) is 0 Å². The third-order valence-corrected chi connectivity index (χ3v) is 3.38. The van der Waals surface area contributed by atoms with Crippen molar-refractivity contribution in [1.82, 2.24) is 9.97 Å². The van der Waals surface area contributed by atoms with Crippen molar-refractivity contribution in [3.8, 4) is 0 Å². The zero-order valence-electron chi connectivity index (χ0n) is 12.6. The summed E-state index contributed by atoms with van der Waals surface area (Å²) in [6.45, 7) is 0. The van der Waals surface area contributed by atoms with Crippen molar-refractivity contribution in [3.05, 3.63) is 59.4 Å². The predicted octanol–water partition coefficient (Wildman–Crippen LogP) is 3.11. The molecule has 0 aliphatic heterocycles. The lowest BCUT2D eigenvalue weighted by atomic mass is 10.0. The molecule has 0 unspecified atom stereocenters. The van der Waals surface area contributed by atoms with Gasteiger partial charge in [-0.25, -0.2) is 14.2 Å². The fraction of sp³-hybridized carbons (Fsp3) is 0.0625. The largest absolute Gasteiger partial charge is 0.453 e. The minimum atomic E-state index is -0.641. The Labute approximate surface area is 135 Å². The number of anilines is 1. The molecule has 1 amide bonds. The molecule has 3 aromatic rings. The highest BCUT2D eigenvalue weighted by molar-refractivity contribution is 6.13. The van der Waals surface area contributed by atoms with Crippen LogP contribution >= 0.6 is 0 Å². The Hall–Kier alpha value is -3.42. The summed E-state index contributed by atoms with van der Waals surface area (Å²) in [7, 11) is 1.25. The monoisotopic (exact) mass is 328 g/mol. The van der Waals surface area contributed by atoms with Crippen LogP contribution in [-0.2, 0) is 4.74 Å². The van der Waals surface area contributed by atoms with Crippen molar-refractivity contribution >= 4 is 28.8 Å². The zero-order chi connectivity index (χ0) is 17.1. The van der Waals surface area contributed by atoms with Crippen LogP contribution in [0, 0.1) is 5.82 Å². The van der Waals surface area contributed by atoms with E-state index in [9.17, 15) is 14.4 Å². The van der Waals surface area contributed by atoms with E-state index in [0.29, 0.717) is 22.2 Å². The van der Waals surface area contributed by atoms with Gasteiger partial charge in [0.2, 0.25) is 5.95 Å². The van der Waals surface area contributed by atoms with Gasteiger partial charge in [0.15, 0.2) is 0 Å². The maximum atomic E-state index is 13.0. The fourth-order valence-corrected chi connectivity index (χ4v) is 2.25. The number of rotatable bonds is 3. The zero-order valence-corrected chi connectivity index (χ0v) is 12.6. The number of halogens is 1. The fourth-order valence-electron chi connectivity index (χ4n) is 2.25. The number of nitrogens with zero attached hydrogens (tertiary/aromatic N) is 2. The lowest BCUT2D eigenvalue weighted by molar-refractivity contribution is 0.186. The number of carbonyl (C=O) groups excluding carboxylic acids is 1. The van der Waals surface area contributed by atoms with Crippen LogP contribution in [-0.4, -0.2) is 34.1 Å². The highest BCUT2D eigenvalue weighted by atomic mass is 19.1. The summed E-state index contributed by atoms with van der Waals surface area (Å²) in [6.07, 6.45) is -0.641. The van der Waals surface area contributed by atoms with Gasteiger partial charge in [-0.3, -0.25) is 5.32 Å². The lowest BCUT2D eigenvalue weighted by Crippen LogP contribution is -2.11. The van der Waals surface area contributed by atoms with Crippen LogP contribution in [0.1, 0.15) is 11.1 Å². The first-order chi connectivity index (χ1) is 11.6. The van der Waals surface area contributed by atoms with Gasteiger partial charge in [0.1, 0.15) is 11.5 Å². The minimum Gasteiger partial charge on any atom is -0.453 e. The molecule has 24 heavy (non-hydrogen) atoms. The second-order valence-corrected chi connectivity index (χ2v) is 4.89. The summed E-state index contributed by atoms with van der Waals surface area (Å²) < 4.78 is 17.5. The molecular formula is C16H13FN4O3. The Bertz CT molecular complexity index is 919. The Balaban J connectivity index is 1.97. The summed E-state index contributed by atoms with van der Waals surface area (Å²) in [5.74, 6) is -0.142. The normalized spacial score (nSPS) is 11.5. The molecule has 1 aromatic heterocycles. The number of hydrogen-bond acceptors (Lipinski definition) is 5. The van der Waals surface area contributed by atoms with E-state index in [0.717, 1.165) is 0 Å². The summed E-state index contributed by atoms with van der Waals surface area (Å²) in [6, 6.07) is 10.7. The maximum Gasteiger partial charge on any atom is 0.413 e. The van der Waals surface area contributed by atoms with Gasteiger partial charge in [-0.15, -0.1) is 0 Å². The molecule has 7 nitrogen and oxygen atoms in total. The Morgan fingerprint density at radius 2 is 1.96 bits per heavy atom. The third-order valence-electron chi connectivity index (χ3n) is 3.38. The molecule has 0 fully saturated rings. The number of ether oxygens (including phenoxy) is 1. The van der Waals surface area contributed by atoms with E-state index >= 15 is 0 Å². The molecule has 0 bridgehead atoms. The van der Waals surface area contributed by atoms with Gasteiger partial charge in [0.05, 0.1) is 18.1 Å². The first kappa shape index (κ1) is 15.5. The quantitative estimate of drug-likeness (QED) is 0.391. The van der Waals surface area contributed by atoms with E-state index in [-0.39, 0.29) is 17.5 Å². The van der Waals surface area contributed by atoms with E-state index in [2.05, 4.69) is 25.2 Å². The standard InChI is InChI=1S/C16H13FN4O3/c1-24-16(22)20-15-18-12-7-4-10(8-13(12)19-15)14(21-23)9-2-5-11(17)6-3-9/h2-8,23H,1H3,(H2,18,19,20,22)/b21-14-. The molecule has 0 radical (unpaired) electrons. The van der Waals surface area contributed by atoms with Crippen LogP contribution < -0.4 is 5.32 Å². The summed E-state index contributed by atoms with van der Waals surface area (Å²) in [5.41, 5.74) is 2.69. The number of fused-ring (bicyclic) bond motifs is 1. The first-order valence-electron chi connectivity index (χ1n) is 6.94. The lowest BCUT2D eigenvalue weighted by Gasteiger charge is -2.05. The SMILES string of the molecule is COC(=O)Nc1nc2ccc(/C(=N\O)c3ccc(F)cc3)cc2[nH]1. The predicted molar refractivity (Wildman–Crippen MR) is 85.9 cm³/mol. The number of aromatic nitrogens is 2. The van der Waals surface area contributed by atoms with E-state index in [4.69, 9.17) is 0 Å². The van der Waals surface area contributed by atoms with Gasteiger partial charge in [-0.05, 0) is 36.4 Å². The number of nitrogens with one attached hydrogen (secondary N) is 2. The van der Waals surface area contributed by atoms with Crippen molar-refractivity contribution < 1.29 is 19.1 Å². The van der Waals surface area contributed by atoms with Gasteiger partial charge >= 0.3 is 6.09 Å². The molecule has 3 N–H and O–H groups in total. The molecule has 0 aliphatic rings. The second kappa shape index (κ2) is 6.37. The number of benzene rings is 2. The van der Waals surface area contributed by atoms with Crippen LogP contribution in [0.15, 0.2) is 47.6 Å². The summed E-state index contributed by atoms with van der Waals surface area (Å²) in [5, 5.41) is 15.1. The van der Waals surface area contributed by atoms with E-state index in [1.165, 1.54) is 31.4 Å². The number of methoxy groups -OCH3 is 1. The van der Waals surface area contributed by atoms with Crippen molar-refractivity contribution in [3.63, 3.8) is 0 Å². The number of aromatic amines is 1. The average molecular weight is 328 g/mol. The Kier molecular flexibility index (Phi) is 4.11. The number of oxime groups is 1. The second-order valence-electron chi connectivity index (χ2n) is 4.89. The topological polar surface area (TPSA) is 99.6 Å². The smallest absolute Gasteiger partial charge is 0.413 e. The Morgan fingerprint density at radius 3 is 2.62 bits per heavy atom. The number of H-pyrrole nitrogens is 1. The van der Waals surface area contributed by atoms with Crippen LogP contribution in [0.3, 0.4) is 0 Å². The molecule has 0 aliphatic carbocycles. The maximum absolute atomic E-state index is 13.0. The highest BCUT2D eigenvalue weighted by Crippen LogP contribution is 2.19. The van der Waals surface area contributed by atoms with Gasteiger partial charge in [-0.1, -0.05) is 11.2 Å². The van der Waals surface area contributed by atoms with Crippen LogP contribution in [0.5, 0.6) is 0 Å². The average Bonchev–Trinajstić information content (AvgIpc) is 2.98. The van der Waals surface area contributed by atoms with Crippen LogP contribution in [0.25, 0.3) is 11.0 Å². The van der Waals surface area contributed by atoms with E-state index in [1.807, 2.05) is 0 Å². The molecule has 3 rings (SSSR count). The Morgan fingerprint density at radius 1 is 1.25 bits per heavy atom. The highest BCUT2D eigenvalue weighted by Gasteiger charge is 2.12. The van der Waals surface area contributed by atoms with Gasteiger partial charge in [0.25, 0.3) is 0 Å². The number of carbonyl (C=O) groups is 1. The van der Waals surface area contributed by atoms with Crippen molar-refractivity contribution in [2.45, 2.75) is 0 Å². The van der Waals surface area contributed by atoms with Crippen LogP contribution in [0.4, 0.5) is 15.1 Å². The molecular weight excluding hydrogens is 315 g/mol. The van der Waals surface area contributed by atoms with Crippen molar-refractivity contribution in [2.24, 2.45) is 5.16 Å². The van der Waals surface area contributed by atoms with E-state index in [1.54, 1.807) is 18.2 Å². The van der Waals surface area contributed by atoms with E-state index < -0.39 is 6.09 Å². The number of amides is 1. The molecule has 1 heterocycles. The first-order valence-corrected chi connectivity index (χ1v) is 6.94. The number of hydrogen-bond donors (Lipinski definition) is 3. The molecule has 2 aromatic carbocycles. The summed E-state index contributed by atoms with van der Waals surface area (Å²) in [4.78, 5) is 18.3. The molecule has 122 valence electrons. The third kappa shape index (κ3) is 3.02. The molecule has 0 atom stereocenters. The van der Waals surface area contributed by atoms with Gasteiger partial charge < -0.3 is 14.9 Å². The molecule has 8 heteroatoms.